The summed E-state index contributed by atoms with van der Waals surface area (Å²) in [6.45, 7) is 8.70. The minimum absolute atomic E-state index is 0.168. The number of benzene rings is 1. The van der Waals surface area contributed by atoms with Gasteiger partial charge in [-0.3, -0.25) is 0 Å². The number of hydrogen-bond donors (Lipinski definition) is 0. The van der Waals surface area contributed by atoms with E-state index in [4.69, 9.17) is 0 Å². The van der Waals surface area contributed by atoms with E-state index in [1.807, 2.05) is 0 Å². The predicted octanol–water partition coefficient (Wildman–Crippen LogP) is 1.96. The van der Waals surface area contributed by atoms with Crippen LogP contribution >= 0.6 is 0 Å². The third-order valence-electron chi connectivity index (χ3n) is 2.70. The van der Waals surface area contributed by atoms with Gasteiger partial charge in [-0.15, -0.1) is 0 Å². The van der Waals surface area contributed by atoms with Crippen LogP contribution in [0, 0.1) is 0 Å². The first kappa shape index (κ1) is 11.8. The van der Waals surface area contributed by atoms with Gasteiger partial charge in [-0.2, -0.15) is 0 Å². The molecule has 0 heterocycles. The zero-order chi connectivity index (χ0) is 11.5. The monoisotopic (exact) mass is 203 g/mol. The largest absolute Gasteiger partial charge is 0.375 e. The van der Waals surface area contributed by atoms with Crippen LogP contribution in [0.4, 0.5) is 0 Å². The molecule has 0 aliphatic carbocycles. The Morgan fingerprint density at radius 2 is 1.60 bits per heavy atom. The molecule has 0 unspecified atom stereocenters. The van der Waals surface area contributed by atoms with Gasteiger partial charge in [0.25, 0.3) is 0 Å². The highest BCUT2D eigenvalue weighted by Gasteiger charge is 2.12. The van der Waals surface area contributed by atoms with Crippen LogP contribution < -0.4 is 10.4 Å². The Labute approximate surface area is 92.7 Å². The molecule has 1 aromatic rings. The SMILES string of the molecule is C/C=c1/cccc/c1=C/N(C)C(C)(C)C. The van der Waals surface area contributed by atoms with Gasteiger partial charge in [0, 0.05) is 18.8 Å². The molecule has 0 amide bonds. The Bertz CT molecular complexity index is 423. The number of nitrogens with zero attached hydrogens (tertiary/aromatic N) is 1. The maximum absolute atomic E-state index is 2.25. The molecule has 82 valence electrons. The summed E-state index contributed by atoms with van der Waals surface area (Å²) in [4.78, 5) is 2.25. The van der Waals surface area contributed by atoms with Crippen LogP contribution in [0.5, 0.6) is 0 Å². The highest BCUT2D eigenvalue weighted by Crippen LogP contribution is 2.09. The summed E-state index contributed by atoms with van der Waals surface area (Å²) >= 11 is 0. The van der Waals surface area contributed by atoms with Crippen molar-refractivity contribution in [1.82, 2.24) is 4.90 Å². The molecular formula is C14H21N. The first-order valence-electron chi connectivity index (χ1n) is 5.41. The minimum atomic E-state index is 0.168. The van der Waals surface area contributed by atoms with Gasteiger partial charge < -0.3 is 4.90 Å². The highest BCUT2D eigenvalue weighted by molar-refractivity contribution is 5.30. The molecule has 0 N–H and O–H groups in total. The van der Waals surface area contributed by atoms with Gasteiger partial charge in [0.1, 0.15) is 0 Å². The van der Waals surface area contributed by atoms with Gasteiger partial charge in [0.2, 0.25) is 0 Å². The minimum Gasteiger partial charge on any atom is -0.375 e. The lowest BCUT2D eigenvalue weighted by Crippen LogP contribution is -2.37. The second kappa shape index (κ2) is 4.52. The molecule has 1 rings (SSSR count). The van der Waals surface area contributed by atoms with Crippen molar-refractivity contribution < 1.29 is 0 Å². The normalized spacial score (nSPS) is 14.5. The van der Waals surface area contributed by atoms with Crippen LogP contribution in [0.3, 0.4) is 0 Å². The summed E-state index contributed by atoms with van der Waals surface area (Å²) in [7, 11) is 2.12. The lowest BCUT2D eigenvalue weighted by atomic mass is 10.1. The quantitative estimate of drug-likeness (QED) is 0.674. The first-order chi connectivity index (χ1) is 6.95. The van der Waals surface area contributed by atoms with E-state index in [0.717, 1.165) is 0 Å². The highest BCUT2D eigenvalue weighted by atomic mass is 15.1. The van der Waals surface area contributed by atoms with Crippen molar-refractivity contribution >= 4 is 12.3 Å². The summed E-state index contributed by atoms with van der Waals surface area (Å²) in [5.74, 6) is 0. The lowest BCUT2D eigenvalue weighted by Gasteiger charge is -2.30. The van der Waals surface area contributed by atoms with Crippen molar-refractivity contribution in [3.8, 4) is 0 Å². The van der Waals surface area contributed by atoms with E-state index in [-0.39, 0.29) is 5.54 Å². The van der Waals surface area contributed by atoms with Crippen LogP contribution in [-0.4, -0.2) is 17.5 Å². The zero-order valence-corrected chi connectivity index (χ0v) is 10.4. The van der Waals surface area contributed by atoms with Crippen molar-refractivity contribution in [1.29, 1.82) is 0 Å². The molecule has 15 heavy (non-hydrogen) atoms. The van der Waals surface area contributed by atoms with Crippen molar-refractivity contribution in [2.24, 2.45) is 0 Å². The third kappa shape index (κ3) is 3.12. The molecule has 0 saturated heterocycles. The van der Waals surface area contributed by atoms with Crippen LogP contribution in [0.2, 0.25) is 0 Å². The molecule has 0 atom stereocenters. The molecule has 1 heteroatoms. The molecular weight excluding hydrogens is 182 g/mol. The van der Waals surface area contributed by atoms with Crippen molar-refractivity contribution in [3.63, 3.8) is 0 Å². The average Bonchev–Trinajstić information content (AvgIpc) is 2.17. The number of hydrogen-bond acceptors (Lipinski definition) is 1. The fourth-order valence-corrected chi connectivity index (χ4v) is 1.29. The molecule has 0 fully saturated rings. The predicted molar refractivity (Wildman–Crippen MR) is 67.8 cm³/mol. The van der Waals surface area contributed by atoms with Crippen molar-refractivity contribution in [2.75, 3.05) is 7.05 Å². The molecule has 0 radical (unpaired) electrons. The zero-order valence-electron chi connectivity index (χ0n) is 10.4. The smallest absolute Gasteiger partial charge is 0.0309 e. The van der Waals surface area contributed by atoms with E-state index in [0.29, 0.717) is 0 Å². The van der Waals surface area contributed by atoms with Gasteiger partial charge in [0.05, 0.1) is 0 Å². The van der Waals surface area contributed by atoms with Crippen molar-refractivity contribution in [3.05, 3.63) is 34.7 Å². The van der Waals surface area contributed by atoms with E-state index < -0.39 is 0 Å². The van der Waals surface area contributed by atoms with E-state index >= 15 is 0 Å². The van der Waals surface area contributed by atoms with Crippen LogP contribution in [0.1, 0.15) is 27.7 Å². The molecule has 0 saturated carbocycles. The molecule has 1 nitrogen and oxygen atoms in total. The third-order valence-corrected chi connectivity index (χ3v) is 2.70. The Morgan fingerprint density at radius 3 is 2.07 bits per heavy atom. The summed E-state index contributed by atoms with van der Waals surface area (Å²) in [5, 5.41) is 2.56. The van der Waals surface area contributed by atoms with Crippen molar-refractivity contribution in [2.45, 2.75) is 33.2 Å². The molecule has 0 spiro atoms. The van der Waals surface area contributed by atoms with Gasteiger partial charge in [-0.05, 0) is 38.1 Å². The summed E-state index contributed by atoms with van der Waals surface area (Å²) in [5.41, 5.74) is 0.168. The molecule has 0 aromatic heterocycles. The van der Waals surface area contributed by atoms with Crippen LogP contribution in [0.25, 0.3) is 12.3 Å². The summed E-state index contributed by atoms with van der Waals surface area (Å²) in [6.07, 6.45) is 4.34. The van der Waals surface area contributed by atoms with E-state index in [9.17, 15) is 0 Å². The first-order valence-corrected chi connectivity index (χ1v) is 5.41. The Balaban J connectivity index is 3.23. The molecule has 0 bridgehead atoms. The topological polar surface area (TPSA) is 3.24 Å². The maximum atomic E-state index is 2.25. The fraction of sp³-hybridized carbons (Fsp3) is 0.429. The Hall–Kier alpha value is -1.24. The van der Waals surface area contributed by atoms with Crippen LogP contribution in [0.15, 0.2) is 24.3 Å². The fourth-order valence-electron chi connectivity index (χ4n) is 1.29. The summed E-state index contributed by atoms with van der Waals surface area (Å²) in [6, 6.07) is 8.44. The standard InChI is InChI=1S/C14H21N/c1-6-12-9-7-8-10-13(12)11-15(5)14(2,3)4/h6-11H,1-5H3/b12-6-,13-11-. The summed E-state index contributed by atoms with van der Waals surface area (Å²) < 4.78 is 0. The second-order valence-electron chi connectivity index (χ2n) is 4.83. The van der Waals surface area contributed by atoms with Gasteiger partial charge >= 0.3 is 0 Å². The van der Waals surface area contributed by atoms with E-state index in [2.05, 4.69) is 76.2 Å². The lowest BCUT2D eigenvalue weighted by molar-refractivity contribution is 0.275. The second-order valence-corrected chi connectivity index (χ2v) is 4.83. The van der Waals surface area contributed by atoms with E-state index in [1.165, 1.54) is 10.4 Å². The number of rotatable bonds is 1. The van der Waals surface area contributed by atoms with Gasteiger partial charge in [0.15, 0.2) is 0 Å². The van der Waals surface area contributed by atoms with Crippen LogP contribution in [-0.2, 0) is 0 Å². The van der Waals surface area contributed by atoms with E-state index in [1.54, 1.807) is 0 Å². The Morgan fingerprint density at radius 1 is 1.07 bits per heavy atom. The Kier molecular flexibility index (Phi) is 3.57. The molecule has 0 aliphatic rings. The average molecular weight is 203 g/mol. The molecule has 1 aromatic carbocycles. The molecule has 0 aliphatic heterocycles. The van der Waals surface area contributed by atoms with Gasteiger partial charge in [-0.1, -0.05) is 30.3 Å². The maximum Gasteiger partial charge on any atom is 0.0309 e. The van der Waals surface area contributed by atoms with Gasteiger partial charge in [-0.25, -0.2) is 0 Å².